The normalized spacial score (nSPS) is 10.8. The van der Waals surface area contributed by atoms with Crippen LogP contribution in [0.1, 0.15) is 29.4 Å². The molecule has 1 amide bonds. The fourth-order valence-electron chi connectivity index (χ4n) is 2.44. The van der Waals surface area contributed by atoms with E-state index in [0.717, 1.165) is 17.7 Å². The zero-order chi connectivity index (χ0) is 20.6. The van der Waals surface area contributed by atoms with E-state index in [1.807, 2.05) is 31.2 Å². The summed E-state index contributed by atoms with van der Waals surface area (Å²) in [5.41, 5.74) is 3.19. The summed E-state index contributed by atoms with van der Waals surface area (Å²) in [5, 5.41) is 3.90. The number of hydrazone groups is 1. The lowest BCUT2D eigenvalue weighted by Crippen LogP contribution is -2.24. The first-order chi connectivity index (χ1) is 14.0. The molecule has 0 fully saturated rings. The van der Waals surface area contributed by atoms with Gasteiger partial charge in [-0.25, -0.2) is 14.6 Å². The van der Waals surface area contributed by atoms with E-state index in [1.165, 1.54) is 36.5 Å². The lowest BCUT2D eigenvalue weighted by Gasteiger charge is -2.04. The van der Waals surface area contributed by atoms with Crippen LogP contribution in [-0.2, 0) is 0 Å². The van der Waals surface area contributed by atoms with E-state index in [2.05, 4.69) is 20.5 Å². The Bertz CT molecular complexity index is 1060. The molecule has 1 heterocycles. The SMILES string of the molecule is CCCOc1ccc(/C=N/NC(=O)c2cc(-c3ccc(F)cc3)nc(=O)[nH]2)cc1. The lowest BCUT2D eigenvalue weighted by atomic mass is 10.1. The second-order valence-corrected chi connectivity index (χ2v) is 6.11. The third-order valence-corrected chi connectivity index (χ3v) is 3.86. The number of rotatable bonds is 7. The van der Waals surface area contributed by atoms with Gasteiger partial charge in [-0.05, 0) is 66.6 Å². The first kappa shape index (κ1) is 19.9. The highest BCUT2D eigenvalue weighted by Crippen LogP contribution is 2.16. The number of aromatic amines is 1. The van der Waals surface area contributed by atoms with Gasteiger partial charge < -0.3 is 9.72 Å². The summed E-state index contributed by atoms with van der Waals surface area (Å²) < 4.78 is 18.6. The first-order valence-electron chi connectivity index (χ1n) is 8.98. The van der Waals surface area contributed by atoms with Crippen LogP contribution in [0.15, 0.2) is 64.5 Å². The van der Waals surface area contributed by atoms with Crippen LogP contribution in [0.5, 0.6) is 5.75 Å². The molecule has 8 heteroatoms. The summed E-state index contributed by atoms with van der Waals surface area (Å²) >= 11 is 0. The second kappa shape index (κ2) is 9.41. The molecule has 0 radical (unpaired) electrons. The molecule has 0 bridgehead atoms. The van der Waals surface area contributed by atoms with Gasteiger partial charge in [0.05, 0.1) is 18.5 Å². The third kappa shape index (κ3) is 5.58. The van der Waals surface area contributed by atoms with Gasteiger partial charge in [0.1, 0.15) is 17.3 Å². The van der Waals surface area contributed by atoms with E-state index in [1.54, 1.807) is 0 Å². The molecule has 0 aliphatic carbocycles. The highest BCUT2D eigenvalue weighted by atomic mass is 19.1. The van der Waals surface area contributed by atoms with Crippen molar-refractivity contribution in [2.45, 2.75) is 13.3 Å². The molecule has 0 saturated heterocycles. The van der Waals surface area contributed by atoms with Crippen LogP contribution < -0.4 is 15.9 Å². The van der Waals surface area contributed by atoms with Gasteiger partial charge in [0, 0.05) is 5.56 Å². The Hall–Kier alpha value is -3.81. The monoisotopic (exact) mass is 394 g/mol. The van der Waals surface area contributed by atoms with Gasteiger partial charge in [-0.15, -0.1) is 0 Å². The number of hydrogen-bond donors (Lipinski definition) is 2. The maximum absolute atomic E-state index is 13.1. The number of ether oxygens (including phenoxy) is 1. The van der Waals surface area contributed by atoms with Gasteiger partial charge in [-0.2, -0.15) is 10.1 Å². The van der Waals surface area contributed by atoms with Crippen molar-refractivity contribution in [1.29, 1.82) is 0 Å². The fourth-order valence-corrected chi connectivity index (χ4v) is 2.44. The average molecular weight is 394 g/mol. The van der Waals surface area contributed by atoms with Gasteiger partial charge in [0.25, 0.3) is 5.91 Å². The third-order valence-electron chi connectivity index (χ3n) is 3.86. The average Bonchev–Trinajstić information content (AvgIpc) is 2.73. The number of benzene rings is 2. The molecular formula is C21H19FN4O3. The standard InChI is InChI=1S/C21H19FN4O3/c1-2-11-29-17-9-3-14(4-10-17)13-23-26-20(27)19-12-18(24-21(28)25-19)15-5-7-16(22)8-6-15/h3-10,12-13H,2,11H2,1H3,(H,26,27)(H,24,25,28)/b23-13+. The molecule has 29 heavy (non-hydrogen) atoms. The van der Waals surface area contributed by atoms with Crippen molar-refractivity contribution in [2.24, 2.45) is 5.10 Å². The number of H-pyrrole nitrogens is 1. The van der Waals surface area contributed by atoms with Crippen LogP contribution in [0.25, 0.3) is 11.3 Å². The van der Waals surface area contributed by atoms with Gasteiger partial charge in [-0.3, -0.25) is 4.79 Å². The minimum absolute atomic E-state index is 0.00946. The quantitative estimate of drug-likeness (QED) is 0.475. The van der Waals surface area contributed by atoms with E-state index >= 15 is 0 Å². The van der Waals surface area contributed by atoms with Gasteiger partial charge in [0.15, 0.2) is 0 Å². The van der Waals surface area contributed by atoms with Crippen molar-refractivity contribution < 1.29 is 13.9 Å². The molecule has 148 valence electrons. The molecule has 2 N–H and O–H groups in total. The Balaban J connectivity index is 1.68. The fraction of sp³-hybridized carbons (Fsp3) is 0.143. The van der Waals surface area contributed by atoms with E-state index in [9.17, 15) is 14.0 Å². The van der Waals surface area contributed by atoms with E-state index in [0.29, 0.717) is 12.2 Å². The van der Waals surface area contributed by atoms with Crippen LogP contribution in [0.3, 0.4) is 0 Å². The number of carbonyl (C=O) groups excluding carboxylic acids is 1. The predicted molar refractivity (Wildman–Crippen MR) is 108 cm³/mol. The van der Waals surface area contributed by atoms with Crippen LogP contribution in [0, 0.1) is 5.82 Å². The molecular weight excluding hydrogens is 375 g/mol. The number of nitrogens with one attached hydrogen (secondary N) is 2. The van der Waals surface area contributed by atoms with Crippen LogP contribution in [0.2, 0.25) is 0 Å². The Kier molecular flexibility index (Phi) is 6.47. The molecule has 0 saturated carbocycles. The maximum Gasteiger partial charge on any atom is 0.346 e. The van der Waals surface area contributed by atoms with Gasteiger partial charge in [0.2, 0.25) is 0 Å². The Morgan fingerprint density at radius 3 is 2.62 bits per heavy atom. The second-order valence-electron chi connectivity index (χ2n) is 6.11. The van der Waals surface area contributed by atoms with Crippen molar-refractivity contribution in [2.75, 3.05) is 6.61 Å². The minimum atomic E-state index is -0.691. The van der Waals surface area contributed by atoms with Gasteiger partial charge in [-0.1, -0.05) is 6.92 Å². The van der Waals surface area contributed by atoms with Gasteiger partial charge >= 0.3 is 5.69 Å². The van der Waals surface area contributed by atoms with Crippen LogP contribution in [-0.4, -0.2) is 28.7 Å². The van der Waals surface area contributed by atoms with Crippen molar-refractivity contribution in [3.8, 4) is 17.0 Å². The Labute approximate surface area is 166 Å². The highest BCUT2D eigenvalue weighted by molar-refractivity contribution is 5.93. The zero-order valence-electron chi connectivity index (χ0n) is 15.7. The molecule has 3 aromatic rings. The molecule has 2 aromatic carbocycles. The van der Waals surface area contributed by atoms with E-state index < -0.39 is 17.4 Å². The molecule has 3 rings (SSSR count). The van der Waals surface area contributed by atoms with Crippen LogP contribution in [0.4, 0.5) is 4.39 Å². The molecule has 0 aliphatic heterocycles. The Morgan fingerprint density at radius 2 is 1.93 bits per heavy atom. The maximum atomic E-state index is 13.1. The smallest absolute Gasteiger partial charge is 0.346 e. The molecule has 7 nitrogen and oxygen atoms in total. The number of hydrogen-bond acceptors (Lipinski definition) is 5. The number of carbonyl (C=O) groups is 1. The number of halogens is 1. The summed E-state index contributed by atoms with van der Waals surface area (Å²) in [6.45, 7) is 2.68. The van der Waals surface area contributed by atoms with Crippen LogP contribution >= 0.6 is 0 Å². The number of amides is 1. The number of nitrogens with zero attached hydrogens (tertiary/aromatic N) is 2. The van der Waals surface area contributed by atoms with Crippen molar-refractivity contribution >= 4 is 12.1 Å². The summed E-state index contributed by atoms with van der Waals surface area (Å²) in [4.78, 5) is 30.3. The summed E-state index contributed by atoms with van der Waals surface area (Å²) in [5.74, 6) is -0.251. The summed E-state index contributed by atoms with van der Waals surface area (Å²) in [6.07, 6.45) is 2.40. The molecule has 0 spiro atoms. The predicted octanol–water partition coefficient (Wildman–Crippen LogP) is 3.13. The van der Waals surface area contributed by atoms with E-state index in [4.69, 9.17) is 4.74 Å². The molecule has 1 aromatic heterocycles. The highest BCUT2D eigenvalue weighted by Gasteiger charge is 2.10. The first-order valence-corrected chi connectivity index (χ1v) is 8.98. The largest absolute Gasteiger partial charge is 0.494 e. The summed E-state index contributed by atoms with van der Waals surface area (Å²) in [7, 11) is 0. The van der Waals surface area contributed by atoms with Crippen molar-refractivity contribution in [3.05, 3.63) is 82.2 Å². The minimum Gasteiger partial charge on any atom is -0.494 e. The lowest BCUT2D eigenvalue weighted by molar-refractivity contribution is 0.0949. The Morgan fingerprint density at radius 1 is 1.21 bits per heavy atom. The molecule has 0 atom stereocenters. The zero-order valence-corrected chi connectivity index (χ0v) is 15.7. The molecule has 0 aliphatic rings. The van der Waals surface area contributed by atoms with Crippen molar-refractivity contribution in [1.82, 2.24) is 15.4 Å². The van der Waals surface area contributed by atoms with Crippen molar-refractivity contribution in [3.63, 3.8) is 0 Å². The summed E-state index contributed by atoms with van der Waals surface area (Å²) in [6, 6.07) is 14.1. The topological polar surface area (TPSA) is 96.4 Å². The number of aromatic nitrogens is 2. The molecule has 0 unspecified atom stereocenters. The van der Waals surface area contributed by atoms with E-state index in [-0.39, 0.29) is 11.4 Å².